The van der Waals surface area contributed by atoms with Crippen LogP contribution in [0.1, 0.15) is 113 Å². The van der Waals surface area contributed by atoms with Crippen LogP contribution >= 0.6 is 0 Å². The van der Waals surface area contributed by atoms with E-state index in [0.717, 1.165) is 57.1 Å². The predicted molar refractivity (Wildman–Crippen MR) is 118 cm³/mol. The van der Waals surface area contributed by atoms with Crippen LogP contribution in [-0.4, -0.2) is 28.5 Å². The van der Waals surface area contributed by atoms with Gasteiger partial charge in [0.25, 0.3) is 5.91 Å². The van der Waals surface area contributed by atoms with Crippen LogP contribution in [0.2, 0.25) is 0 Å². The van der Waals surface area contributed by atoms with Gasteiger partial charge in [-0.1, -0.05) is 77.2 Å². The van der Waals surface area contributed by atoms with Gasteiger partial charge in [-0.05, 0) is 37.8 Å². The van der Waals surface area contributed by atoms with E-state index in [1.807, 2.05) is 12.1 Å². The molecule has 1 aromatic heterocycles. The third-order valence-electron chi connectivity index (χ3n) is 5.18. The van der Waals surface area contributed by atoms with Gasteiger partial charge in [0.05, 0.1) is 0 Å². The van der Waals surface area contributed by atoms with Gasteiger partial charge >= 0.3 is 5.97 Å². The molecule has 0 aliphatic rings. The number of aromatic nitrogens is 1. The van der Waals surface area contributed by atoms with Crippen LogP contribution in [0.5, 0.6) is 0 Å². The molecule has 29 heavy (non-hydrogen) atoms. The molecule has 0 aromatic carbocycles. The van der Waals surface area contributed by atoms with E-state index in [-0.39, 0.29) is 12.3 Å². The fraction of sp³-hybridized carbons (Fsp3) is 0.708. The molecular formula is C24H40N2O3. The highest BCUT2D eigenvalue weighted by atomic mass is 16.4. The second kappa shape index (κ2) is 17.0. The summed E-state index contributed by atoms with van der Waals surface area (Å²) in [6, 6.07) is 5.72. The van der Waals surface area contributed by atoms with Crippen molar-refractivity contribution in [2.24, 2.45) is 0 Å². The molecule has 0 saturated carbocycles. The van der Waals surface area contributed by atoms with Crippen LogP contribution in [-0.2, 0) is 11.2 Å². The van der Waals surface area contributed by atoms with Gasteiger partial charge in [-0.15, -0.1) is 0 Å². The standard InChI is InChI=1S/C24H40N2O3/c1-2-3-4-5-6-9-12-16-21-17-15-18-22(26-21)24(29)25-20-14-11-8-7-10-13-19-23(27)28/h15,17-18H,2-14,16,19-20H2,1H3,(H,25,29)(H,27,28). The van der Waals surface area contributed by atoms with Gasteiger partial charge in [0.2, 0.25) is 0 Å². The summed E-state index contributed by atoms with van der Waals surface area (Å²) in [4.78, 5) is 27.2. The number of carbonyl (C=O) groups is 2. The molecule has 0 aliphatic carbocycles. The smallest absolute Gasteiger partial charge is 0.303 e. The first-order chi connectivity index (χ1) is 14.1. The fourth-order valence-electron chi connectivity index (χ4n) is 3.41. The van der Waals surface area contributed by atoms with Crippen molar-refractivity contribution < 1.29 is 14.7 Å². The maximum absolute atomic E-state index is 12.3. The zero-order valence-electron chi connectivity index (χ0n) is 18.3. The number of unbranched alkanes of at least 4 members (excludes halogenated alkanes) is 11. The number of aryl methyl sites for hydroxylation is 1. The minimum atomic E-state index is -0.715. The van der Waals surface area contributed by atoms with Gasteiger partial charge in [0.1, 0.15) is 5.69 Å². The van der Waals surface area contributed by atoms with Gasteiger partial charge in [-0.2, -0.15) is 0 Å². The highest BCUT2D eigenvalue weighted by Gasteiger charge is 2.07. The van der Waals surface area contributed by atoms with Gasteiger partial charge in [-0.3, -0.25) is 9.59 Å². The van der Waals surface area contributed by atoms with Crippen LogP contribution in [0, 0.1) is 0 Å². The molecule has 1 heterocycles. The van der Waals surface area contributed by atoms with Gasteiger partial charge < -0.3 is 10.4 Å². The number of aliphatic carboxylic acids is 1. The molecule has 5 nitrogen and oxygen atoms in total. The lowest BCUT2D eigenvalue weighted by atomic mass is 10.1. The number of hydrogen-bond donors (Lipinski definition) is 2. The molecule has 1 amide bonds. The third kappa shape index (κ3) is 13.8. The Balaban J connectivity index is 2.12. The van der Waals surface area contributed by atoms with E-state index >= 15 is 0 Å². The van der Waals surface area contributed by atoms with E-state index < -0.39 is 5.97 Å². The van der Waals surface area contributed by atoms with E-state index in [1.54, 1.807) is 6.07 Å². The maximum atomic E-state index is 12.3. The molecule has 0 bridgehead atoms. The second-order valence-electron chi connectivity index (χ2n) is 7.91. The molecule has 1 rings (SSSR count). The molecule has 2 N–H and O–H groups in total. The number of nitrogens with zero attached hydrogens (tertiary/aromatic N) is 1. The molecule has 5 heteroatoms. The number of pyridine rings is 1. The van der Waals surface area contributed by atoms with Gasteiger partial charge in [0, 0.05) is 18.7 Å². The van der Waals surface area contributed by atoms with E-state index in [0.29, 0.717) is 12.2 Å². The lowest BCUT2D eigenvalue weighted by molar-refractivity contribution is -0.137. The van der Waals surface area contributed by atoms with Crippen molar-refractivity contribution in [3.8, 4) is 0 Å². The average molecular weight is 405 g/mol. The molecule has 0 spiro atoms. The first-order valence-corrected chi connectivity index (χ1v) is 11.6. The summed E-state index contributed by atoms with van der Waals surface area (Å²) < 4.78 is 0. The topological polar surface area (TPSA) is 79.3 Å². The van der Waals surface area contributed by atoms with E-state index in [9.17, 15) is 9.59 Å². The van der Waals surface area contributed by atoms with Crippen molar-refractivity contribution in [1.29, 1.82) is 0 Å². The minimum Gasteiger partial charge on any atom is -0.481 e. The summed E-state index contributed by atoms with van der Waals surface area (Å²) in [5, 5.41) is 11.6. The van der Waals surface area contributed by atoms with Crippen LogP contribution in [0.15, 0.2) is 18.2 Å². The normalized spacial score (nSPS) is 10.8. The Hall–Kier alpha value is -1.91. The van der Waals surface area contributed by atoms with Gasteiger partial charge in [0.15, 0.2) is 0 Å². The number of amides is 1. The number of nitrogens with one attached hydrogen (secondary N) is 1. The Bertz CT molecular complexity index is 575. The number of carbonyl (C=O) groups excluding carboxylic acids is 1. The SMILES string of the molecule is CCCCCCCCCc1cccc(C(=O)NCCCCCCCCC(=O)O)n1. The van der Waals surface area contributed by atoms with Crippen LogP contribution in [0.3, 0.4) is 0 Å². The van der Waals surface area contributed by atoms with Gasteiger partial charge in [-0.25, -0.2) is 4.98 Å². The molecule has 0 aliphatic heterocycles. The summed E-state index contributed by atoms with van der Waals surface area (Å²) in [5.41, 5.74) is 1.52. The fourth-order valence-corrected chi connectivity index (χ4v) is 3.41. The second-order valence-corrected chi connectivity index (χ2v) is 7.91. The highest BCUT2D eigenvalue weighted by molar-refractivity contribution is 5.92. The lowest BCUT2D eigenvalue weighted by Gasteiger charge is -2.07. The number of rotatable bonds is 18. The van der Waals surface area contributed by atoms with Crippen LogP contribution in [0.25, 0.3) is 0 Å². The summed E-state index contributed by atoms with van der Waals surface area (Å²) >= 11 is 0. The maximum Gasteiger partial charge on any atom is 0.303 e. The van der Waals surface area contributed by atoms with Crippen molar-refractivity contribution >= 4 is 11.9 Å². The number of carboxylic acid groups (broad SMARTS) is 1. The van der Waals surface area contributed by atoms with E-state index in [2.05, 4.69) is 17.2 Å². The number of hydrogen-bond acceptors (Lipinski definition) is 3. The van der Waals surface area contributed by atoms with Crippen LogP contribution < -0.4 is 5.32 Å². The summed E-state index contributed by atoms with van der Waals surface area (Å²) in [6.45, 7) is 2.90. The zero-order chi connectivity index (χ0) is 21.2. The Morgan fingerprint density at radius 2 is 1.48 bits per heavy atom. The average Bonchev–Trinajstić information content (AvgIpc) is 2.71. The molecule has 0 saturated heterocycles. The molecular weight excluding hydrogens is 364 g/mol. The van der Waals surface area contributed by atoms with E-state index in [4.69, 9.17) is 5.11 Å². The Kier molecular flexibility index (Phi) is 14.7. The molecule has 0 atom stereocenters. The molecule has 0 radical (unpaired) electrons. The summed E-state index contributed by atoms with van der Waals surface area (Å²) in [7, 11) is 0. The highest BCUT2D eigenvalue weighted by Crippen LogP contribution is 2.10. The van der Waals surface area contributed by atoms with Crippen molar-refractivity contribution in [3.05, 3.63) is 29.6 Å². The third-order valence-corrected chi connectivity index (χ3v) is 5.18. The van der Waals surface area contributed by atoms with Crippen molar-refractivity contribution in [2.45, 2.75) is 103 Å². The molecule has 0 unspecified atom stereocenters. The minimum absolute atomic E-state index is 0.0899. The Labute approximate surface area is 176 Å². The first kappa shape index (κ1) is 25.1. The summed E-state index contributed by atoms with van der Waals surface area (Å²) in [6.07, 6.45) is 16.0. The van der Waals surface area contributed by atoms with E-state index in [1.165, 1.54) is 38.5 Å². The van der Waals surface area contributed by atoms with Crippen molar-refractivity contribution in [3.63, 3.8) is 0 Å². The first-order valence-electron chi connectivity index (χ1n) is 11.6. The zero-order valence-corrected chi connectivity index (χ0v) is 18.3. The monoisotopic (exact) mass is 404 g/mol. The lowest BCUT2D eigenvalue weighted by Crippen LogP contribution is -2.25. The quantitative estimate of drug-likeness (QED) is 0.298. The molecule has 0 fully saturated rings. The molecule has 164 valence electrons. The van der Waals surface area contributed by atoms with Crippen LogP contribution in [0.4, 0.5) is 0 Å². The molecule has 1 aromatic rings. The van der Waals surface area contributed by atoms with Crippen molar-refractivity contribution in [1.82, 2.24) is 10.3 Å². The Morgan fingerprint density at radius 3 is 2.17 bits per heavy atom. The Morgan fingerprint density at radius 1 is 0.862 bits per heavy atom. The summed E-state index contributed by atoms with van der Waals surface area (Å²) in [5.74, 6) is -0.805. The number of carboxylic acids is 1. The largest absolute Gasteiger partial charge is 0.481 e. The van der Waals surface area contributed by atoms with Crippen molar-refractivity contribution in [2.75, 3.05) is 6.54 Å². The predicted octanol–water partition coefficient (Wildman–Crippen LogP) is 5.92.